The molecule has 0 saturated carbocycles. The standard InChI is InChI=1S/C8H19NO2/c1-2-3-8(9,4-6-10)5-7-11/h10-11H,2-7,9H2,1H3. The summed E-state index contributed by atoms with van der Waals surface area (Å²) >= 11 is 0. The van der Waals surface area contributed by atoms with E-state index in [0.29, 0.717) is 12.8 Å². The molecule has 0 aliphatic heterocycles. The maximum absolute atomic E-state index is 8.69. The minimum absolute atomic E-state index is 0.108. The molecule has 0 aromatic heterocycles. The predicted molar refractivity (Wildman–Crippen MR) is 45.2 cm³/mol. The van der Waals surface area contributed by atoms with Crippen LogP contribution in [-0.2, 0) is 0 Å². The van der Waals surface area contributed by atoms with Gasteiger partial charge in [0.15, 0.2) is 0 Å². The van der Waals surface area contributed by atoms with E-state index in [2.05, 4.69) is 6.92 Å². The van der Waals surface area contributed by atoms with E-state index in [4.69, 9.17) is 15.9 Å². The van der Waals surface area contributed by atoms with E-state index in [1.165, 1.54) is 0 Å². The Balaban J connectivity index is 3.79. The molecule has 4 N–H and O–H groups in total. The summed E-state index contributed by atoms with van der Waals surface area (Å²) in [4.78, 5) is 0. The largest absolute Gasteiger partial charge is 0.396 e. The number of hydrogen-bond acceptors (Lipinski definition) is 3. The molecule has 0 fully saturated rings. The minimum atomic E-state index is -0.349. The van der Waals surface area contributed by atoms with Crippen LogP contribution in [0.2, 0.25) is 0 Å². The summed E-state index contributed by atoms with van der Waals surface area (Å²) in [6.07, 6.45) is 3.04. The summed E-state index contributed by atoms with van der Waals surface area (Å²) in [5.41, 5.74) is 5.56. The van der Waals surface area contributed by atoms with Crippen LogP contribution in [0.3, 0.4) is 0 Å². The van der Waals surface area contributed by atoms with Gasteiger partial charge in [0.1, 0.15) is 0 Å². The van der Waals surface area contributed by atoms with Crippen molar-refractivity contribution in [2.75, 3.05) is 13.2 Å². The maximum Gasteiger partial charge on any atom is 0.0448 e. The second-order valence-corrected chi connectivity index (χ2v) is 3.06. The summed E-state index contributed by atoms with van der Waals surface area (Å²) in [5, 5.41) is 17.4. The van der Waals surface area contributed by atoms with Crippen LogP contribution in [0.5, 0.6) is 0 Å². The molecule has 11 heavy (non-hydrogen) atoms. The molecule has 0 aromatic rings. The lowest BCUT2D eigenvalue weighted by molar-refractivity contribution is 0.185. The van der Waals surface area contributed by atoms with Crippen molar-refractivity contribution in [3.05, 3.63) is 0 Å². The molecular formula is C8H19NO2. The van der Waals surface area contributed by atoms with Crippen LogP contribution in [0.4, 0.5) is 0 Å². The number of rotatable bonds is 6. The molecule has 0 aliphatic carbocycles. The normalized spacial score (nSPS) is 12.0. The van der Waals surface area contributed by atoms with Gasteiger partial charge in [-0.1, -0.05) is 13.3 Å². The molecule has 0 rings (SSSR count). The average molecular weight is 161 g/mol. The van der Waals surface area contributed by atoms with Crippen LogP contribution >= 0.6 is 0 Å². The first-order valence-electron chi connectivity index (χ1n) is 4.19. The van der Waals surface area contributed by atoms with Crippen LogP contribution < -0.4 is 5.73 Å². The van der Waals surface area contributed by atoms with Crippen LogP contribution in [0.25, 0.3) is 0 Å². The summed E-state index contributed by atoms with van der Waals surface area (Å²) < 4.78 is 0. The van der Waals surface area contributed by atoms with Gasteiger partial charge in [0.25, 0.3) is 0 Å². The highest BCUT2D eigenvalue weighted by Gasteiger charge is 2.21. The fraction of sp³-hybridized carbons (Fsp3) is 1.00. The molecule has 0 saturated heterocycles. The second-order valence-electron chi connectivity index (χ2n) is 3.06. The van der Waals surface area contributed by atoms with Crippen molar-refractivity contribution < 1.29 is 10.2 Å². The first-order valence-corrected chi connectivity index (χ1v) is 4.19. The van der Waals surface area contributed by atoms with Gasteiger partial charge in [0, 0.05) is 18.8 Å². The minimum Gasteiger partial charge on any atom is -0.396 e. The van der Waals surface area contributed by atoms with Crippen molar-refractivity contribution in [3.63, 3.8) is 0 Å². The third-order valence-electron chi connectivity index (χ3n) is 1.97. The van der Waals surface area contributed by atoms with E-state index in [0.717, 1.165) is 12.8 Å². The average Bonchev–Trinajstić information content (AvgIpc) is 1.88. The van der Waals surface area contributed by atoms with Gasteiger partial charge >= 0.3 is 0 Å². The molecule has 0 heterocycles. The number of aliphatic hydroxyl groups is 2. The van der Waals surface area contributed by atoms with Gasteiger partial charge in [-0.2, -0.15) is 0 Å². The molecule has 0 aromatic carbocycles. The smallest absolute Gasteiger partial charge is 0.0448 e. The Hall–Kier alpha value is -0.120. The third-order valence-corrected chi connectivity index (χ3v) is 1.97. The van der Waals surface area contributed by atoms with Gasteiger partial charge in [-0.25, -0.2) is 0 Å². The lowest BCUT2D eigenvalue weighted by Crippen LogP contribution is -2.41. The summed E-state index contributed by atoms with van der Waals surface area (Å²) in [6.45, 7) is 2.27. The van der Waals surface area contributed by atoms with Gasteiger partial charge < -0.3 is 15.9 Å². The van der Waals surface area contributed by atoms with Crippen molar-refractivity contribution in [2.45, 2.75) is 38.1 Å². The van der Waals surface area contributed by atoms with E-state index < -0.39 is 0 Å². The summed E-state index contributed by atoms with van der Waals surface area (Å²) in [5.74, 6) is 0. The van der Waals surface area contributed by atoms with E-state index in [9.17, 15) is 0 Å². The highest BCUT2D eigenvalue weighted by molar-refractivity contribution is 4.82. The van der Waals surface area contributed by atoms with Gasteiger partial charge in [-0.15, -0.1) is 0 Å². The molecule has 3 heteroatoms. The molecule has 0 unspecified atom stereocenters. The molecule has 0 spiro atoms. The zero-order valence-corrected chi connectivity index (χ0v) is 7.21. The van der Waals surface area contributed by atoms with Crippen molar-refractivity contribution >= 4 is 0 Å². The quantitative estimate of drug-likeness (QED) is 0.523. The fourth-order valence-electron chi connectivity index (χ4n) is 1.32. The lowest BCUT2D eigenvalue weighted by atomic mass is 9.88. The van der Waals surface area contributed by atoms with Gasteiger partial charge in [0.2, 0.25) is 0 Å². The molecule has 68 valence electrons. The van der Waals surface area contributed by atoms with Crippen molar-refractivity contribution in [2.24, 2.45) is 5.73 Å². The van der Waals surface area contributed by atoms with Crippen LogP contribution in [-0.4, -0.2) is 29.0 Å². The van der Waals surface area contributed by atoms with Crippen LogP contribution in [0, 0.1) is 0 Å². The molecule has 0 atom stereocenters. The zero-order chi connectivity index (χ0) is 8.74. The number of nitrogens with two attached hydrogens (primary N) is 1. The summed E-state index contributed by atoms with van der Waals surface area (Å²) in [7, 11) is 0. The summed E-state index contributed by atoms with van der Waals surface area (Å²) in [6, 6.07) is 0. The van der Waals surface area contributed by atoms with Gasteiger partial charge in [-0.3, -0.25) is 0 Å². The Morgan fingerprint density at radius 1 is 1.09 bits per heavy atom. The van der Waals surface area contributed by atoms with Crippen molar-refractivity contribution in [1.82, 2.24) is 0 Å². The van der Waals surface area contributed by atoms with Crippen LogP contribution in [0.15, 0.2) is 0 Å². The third kappa shape index (κ3) is 4.35. The lowest BCUT2D eigenvalue weighted by Gasteiger charge is -2.27. The monoisotopic (exact) mass is 161 g/mol. The fourth-order valence-corrected chi connectivity index (χ4v) is 1.32. The molecule has 0 radical (unpaired) electrons. The number of aliphatic hydroxyl groups excluding tert-OH is 2. The van der Waals surface area contributed by atoms with E-state index in [1.807, 2.05) is 0 Å². The first-order chi connectivity index (χ1) is 5.18. The first kappa shape index (κ1) is 10.9. The predicted octanol–water partition coefficient (Wildman–Crippen LogP) is 0.249. The topological polar surface area (TPSA) is 66.5 Å². The second kappa shape index (κ2) is 5.52. The molecule has 0 amide bonds. The Bertz CT molecular complexity index is 79.1. The van der Waals surface area contributed by atoms with E-state index >= 15 is 0 Å². The molecule has 0 aliphatic rings. The molecule has 0 bridgehead atoms. The highest BCUT2D eigenvalue weighted by Crippen LogP contribution is 2.17. The van der Waals surface area contributed by atoms with Crippen LogP contribution in [0.1, 0.15) is 32.6 Å². The Kier molecular flexibility index (Phi) is 5.46. The maximum atomic E-state index is 8.69. The Morgan fingerprint density at radius 2 is 1.55 bits per heavy atom. The molecular weight excluding hydrogens is 142 g/mol. The van der Waals surface area contributed by atoms with Crippen molar-refractivity contribution in [3.8, 4) is 0 Å². The SMILES string of the molecule is CCCC(N)(CCO)CCO. The molecule has 3 nitrogen and oxygen atoms in total. The van der Waals surface area contributed by atoms with E-state index in [-0.39, 0.29) is 18.8 Å². The highest BCUT2D eigenvalue weighted by atomic mass is 16.3. The zero-order valence-electron chi connectivity index (χ0n) is 7.21. The van der Waals surface area contributed by atoms with Gasteiger partial charge in [-0.05, 0) is 19.3 Å². The van der Waals surface area contributed by atoms with Crippen molar-refractivity contribution in [1.29, 1.82) is 0 Å². The van der Waals surface area contributed by atoms with Gasteiger partial charge in [0.05, 0.1) is 0 Å². The number of hydrogen-bond donors (Lipinski definition) is 3. The Labute approximate surface area is 68.2 Å². The Morgan fingerprint density at radius 3 is 1.82 bits per heavy atom. The van der Waals surface area contributed by atoms with E-state index in [1.54, 1.807) is 0 Å².